The van der Waals surface area contributed by atoms with Gasteiger partial charge in [-0.05, 0) is 41.0 Å². The summed E-state index contributed by atoms with van der Waals surface area (Å²) in [5.41, 5.74) is 2.29. The van der Waals surface area contributed by atoms with E-state index in [2.05, 4.69) is 21.3 Å². The van der Waals surface area contributed by atoms with Gasteiger partial charge in [0.15, 0.2) is 0 Å². The van der Waals surface area contributed by atoms with E-state index in [1.54, 1.807) is 6.07 Å². The van der Waals surface area contributed by atoms with Crippen molar-refractivity contribution in [1.29, 1.82) is 0 Å². The smallest absolute Gasteiger partial charge is 0.245 e. The molecular formula is C38H49N5O6. The van der Waals surface area contributed by atoms with Gasteiger partial charge in [-0.3, -0.25) is 24.0 Å². The third-order valence-corrected chi connectivity index (χ3v) is 9.07. The number of hydrogen-bond acceptors (Lipinski definition) is 6. The van der Waals surface area contributed by atoms with Crippen molar-refractivity contribution in [2.45, 2.75) is 90.0 Å². The van der Waals surface area contributed by atoms with Crippen LogP contribution in [0.2, 0.25) is 0 Å². The Bertz CT molecular complexity index is 1550. The van der Waals surface area contributed by atoms with Crippen LogP contribution in [0.15, 0.2) is 83.7 Å². The van der Waals surface area contributed by atoms with Crippen molar-refractivity contribution in [3.63, 3.8) is 0 Å². The summed E-state index contributed by atoms with van der Waals surface area (Å²) in [5.74, 6) is -2.90. The zero-order valence-electron chi connectivity index (χ0n) is 29.0. The van der Waals surface area contributed by atoms with Gasteiger partial charge in [-0.25, -0.2) is 0 Å². The van der Waals surface area contributed by atoms with Crippen molar-refractivity contribution in [1.82, 2.24) is 26.2 Å². The molecular weight excluding hydrogens is 622 g/mol. The lowest BCUT2D eigenvalue weighted by Crippen LogP contribution is -2.59. The molecule has 1 aliphatic heterocycles. The van der Waals surface area contributed by atoms with E-state index in [1.165, 1.54) is 24.5 Å². The fourth-order valence-corrected chi connectivity index (χ4v) is 6.01. The summed E-state index contributed by atoms with van der Waals surface area (Å²) in [6.45, 7) is 7.64. The largest absolute Gasteiger partial charge is 0.472 e. The van der Waals surface area contributed by atoms with E-state index in [0.717, 1.165) is 11.1 Å². The number of furan rings is 1. The van der Waals surface area contributed by atoms with Crippen LogP contribution in [0.1, 0.15) is 57.2 Å². The highest BCUT2D eigenvalue weighted by molar-refractivity contribution is 5.98. The van der Waals surface area contributed by atoms with Crippen LogP contribution in [0.5, 0.6) is 0 Å². The number of rotatable bonds is 10. The summed E-state index contributed by atoms with van der Waals surface area (Å²) in [7, 11) is 1.52. The van der Waals surface area contributed by atoms with Crippen LogP contribution in [0, 0.1) is 11.8 Å². The lowest BCUT2D eigenvalue weighted by molar-refractivity contribution is -0.142. The lowest BCUT2D eigenvalue weighted by atomic mass is 9.95. The Balaban J connectivity index is 1.81. The van der Waals surface area contributed by atoms with Gasteiger partial charge in [0, 0.05) is 26.3 Å². The van der Waals surface area contributed by atoms with Crippen molar-refractivity contribution < 1.29 is 28.4 Å². The average Bonchev–Trinajstić information content (AvgIpc) is 3.61. The maximum atomic E-state index is 14.4. The molecule has 2 aromatic carbocycles. The topological polar surface area (TPSA) is 150 Å². The molecule has 0 spiro atoms. The van der Waals surface area contributed by atoms with Gasteiger partial charge >= 0.3 is 0 Å². The Morgan fingerprint density at radius 2 is 1.20 bits per heavy atom. The summed E-state index contributed by atoms with van der Waals surface area (Å²) in [6, 6.07) is 15.1. The molecule has 0 unspecified atom stereocenters. The second-order valence-electron chi connectivity index (χ2n) is 13.4. The average molecular weight is 672 g/mol. The minimum absolute atomic E-state index is 0.0213. The first-order valence-electron chi connectivity index (χ1n) is 17.0. The summed E-state index contributed by atoms with van der Waals surface area (Å²) < 4.78 is 5.26. The number of nitrogens with zero attached hydrogens (tertiary/aromatic N) is 1. The first-order chi connectivity index (χ1) is 23.5. The van der Waals surface area contributed by atoms with E-state index in [-0.39, 0.29) is 31.1 Å². The Morgan fingerprint density at radius 3 is 1.76 bits per heavy atom. The molecule has 11 nitrogen and oxygen atoms in total. The molecule has 3 aromatic rings. The number of hydrogen-bond donors (Lipinski definition) is 4. The van der Waals surface area contributed by atoms with Gasteiger partial charge in [0.05, 0.1) is 12.5 Å². The molecule has 1 aromatic heterocycles. The van der Waals surface area contributed by atoms with E-state index >= 15 is 0 Å². The van der Waals surface area contributed by atoms with Crippen molar-refractivity contribution in [2.75, 3.05) is 7.05 Å². The number of benzene rings is 2. The minimum atomic E-state index is -1.07. The maximum absolute atomic E-state index is 14.4. The Kier molecular flexibility index (Phi) is 13.1. The monoisotopic (exact) mass is 671 g/mol. The van der Waals surface area contributed by atoms with Gasteiger partial charge in [-0.15, -0.1) is 0 Å². The Hall–Kier alpha value is -4.93. The fourth-order valence-electron chi connectivity index (χ4n) is 6.01. The van der Waals surface area contributed by atoms with Gasteiger partial charge in [0.2, 0.25) is 29.5 Å². The first kappa shape index (κ1) is 36.9. The SMILES string of the molecule is CC[C@@H](C)[C@@H]1NC(=O)[C@H](CC(C)C)NC(=O)[C@H](Cc2ccoc2)N(C)C(=O)[C@H](Cc2ccccc2)NC(=O)[C@@H](Cc2ccccc2)NC1=O. The minimum Gasteiger partial charge on any atom is -0.472 e. The standard InChI is InChI=1S/C38H49N5O6/c1-6-25(4)33-37(47)40-30(20-26-13-9-7-10-14-26)34(44)41-31(21-27-15-11-8-12-16-27)38(48)43(5)32(22-28-17-18-49-23-28)36(46)39-29(19-24(2)3)35(45)42-33/h7-18,23-25,29-33H,6,19-22H2,1-5H3,(H,39,46)(H,40,47)(H,41,44)(H,42,45)/t25-,29+,30-,31+,32+,33+/m1/s1. The van der Waals surface area contributed by atoms with E-state index < -0.39 is 59.7 Å². The highest BCUT2D eigenvalue weighted by atomic mass is 16.3. The van der Waals surface area contributed by atoms with Crippen molar-refractivity contribution in [2.24, 2.45) is 11.8 Å². The Labute approximate surface area is 288 Å². The van der Waals surface area contributed by atoms with Crippen LogP contribution in [-0.4, -0.2) is 71.7 Å². The van der Waals surface area contributed by atoms with Crippen molar-refractivity contribution in [3.8, 4) is 0 Å². The quantitative estimate of drug-likeness (QED) is 0.260. The molecule has 5 amide bonds. The van der Waals surface area contributed by atoms with Gasteiger partial charge in [-0.1, -0.05) is 94.8 Å². The number of amides is 5. The molecule has 262 valence electrons. The number of carbonyl (C=O) groups is 5. The van der Waals surface area contributed by atoms with Gasteiger partial charge in [0.25, 0.3) is 0 Å². The summed E-state index contributed by atoms with van der Waals surface area (Å²) in [4.78, 5) is 71.9. The molecule has 0 radical (unpaired) electrons. The summed E-state index contributed by atoms with van der Waals surface area (Å²) >= 11 is 0. The maximum Gasteiger partial charge on any atom is 0.245 e. The number of likely N-dealkylation sites (N-methyl/N-ethyl adjacent to an activating group) is 1. The molecule has 0 aliphatic carbocycles. The highest BCUT2D eigenvalue weighted by Crippen LogP contribution is 2.17. The molecule has 0 bridgehead atoms. The van der Waals surface area contributed by atoms with Gasteiger partial charge < -0.3 is 30.6 Å². The van der Waals surface area contributed by atoms with Crippen LogP contribution < -0.4 is 21.3 Å². The molecule has 4 rings (SSSR count). The third kappa shape index (κ3) is 10.3. The van der Waals surface area contributed by atoms with Crippen LogP contribution in [0.3, 0.4) is 0 Å². The van der Waals surface area contributed by atoms with Crippen molar-refractivity contribution >= 4 is 29.5 Å². The predicted octanol–water partition coefficient (Wildman–Crippen LogP) is 3.18. The van der Waals surface area contributed by atoms with Gasteiger partial charge in [-0.2, -0.15) is 0 Å². The molecule has 11 heteroatoms. The zero-order chi connectivity index (χ0) is 35.5. The van der Waals surface area contributed by atoms with Crippen LogP contribution >= 0.6 is 0 Å². The molecule has 0 saturated carbocycles. The third-order valence-electron chi connectivity index (χ3n) is 9.07. The molecule has 6 atom stereocenters. The van der Waals surface area contributed by atoms with E-state index in [4.69, 9.17) is 4.42 Å². The molecule has 1 aliphatic rings. The summed E-state index contributed by atoms with van der Waals surface area (Å²) in [5, 5.41) is 11.6. The lowest BCUT2D eigenvalue weighted by Gasteiger charge is -2.32. The summed E-state index contributed by atoms with van der Waals surface area (Å²) in [6.07, 6.45) is 4.27. The normalized spacial score (nSPS) is 23.5. The number of nitrogens with one attached hydrogen (secondary N) is 4. The van der Waals surface area contributed by atoms with Crippen LogP contribution in [0.25, 0.3) is 0 Å². The molecule has 4 N–H and O–H groups in total. The van der Waals surface area contributed by atoms with Gasteiger partial charge in [0.1, 0.15) is 30.2 Å². The van der Waals surface area contributed by atoms with E-state index in [0.29, 0.717) is 18.4 Å². The molecule has 1 saturated heterocycles. The van der Waals surface area contributed by atoms with E-state index in [1.807, 2.05) is 88.4 Å². The zero-order valence-corrected chi connectivity index (χ0v) is 29.0. The second kappa shape index (κ2) is 17.5. The molecule has 1 fully saturated rings. The highest BCUT2D eigenvalue weighted by Gasteiger charge is 2.38. The van der Waals surface area contributed by atoms with E-state index in [9.17, 15) is 24.0 Å². The first-order valence-corrected chi connectivity index (χ1v) is 17.0. The Morgan fingerprint density at radius 1 is 0.653 bits per heavy atom. The fraction of sp³-hybridized carbons (Fsp3) is 0.447. The molecule has 2 heterocycles. The number of carbonyl (C=O) groups excluding carboxylic acids is 5. The van der Waals surface area contributed by atoms with Crippen LogP contribution in [-0.2, 0) is 43.2 Å². The predicted molar refractivity (Wildman–Crippen MR) is 186 cm³/mol. The second-order valence-corrected chi connectivity index (χ2v) is 13.4. The van der Waals surface area contributed by atoms with Crippen LogP contribution in [0.4, 0.5) is 0 Å². The molecule has 49 heavy (non-hydrogen) atoms. The van der Waals surface area contributed by atoms with Crippen molar-refractivity contribution in [3.05, 3.63) is 95.9 Å².